The second-order valence-corrected chi connectivity index (χ2v) is 6.17. The van der Waals surface area contributed by atoms with E-state index in [9.17, 15) is 18.0 Å². The van der Waals surface area contributed by atoms with Gasteiger partial charge in [0.15, 0.2) is 0 Å². The fraction of sp³-hybridized carbons (Fsp3) is 0.929. The summed E-state index contributed by atoms with van der Waals surface area (Å²) >= 11 is 0. The number of halogens is 3. The summed E-state index contributed by atoms with van der Waals surface area (Å²) in [4.78, 5) is 13.6. The molecule has 0 saturated heterocycles. The maximum absolute atomic E-state index is 12.5. The average Bonchev–Trinajstić information content (AvgIpc) is 3.20. The van der Waals surface area contributed by atoms with Gasteiger partial charge in [-0.05, 0) is 45.6 Å². The van der Waals surface area contributed by atoms with E-state index in [-0.39, 0.29) is 25.1 Å². The molecule has 0 radical (unpaired) electrons. The number of carbonyl (C=O) groups excluding carboxylic acids is 1. The van der Waals surface area contributed by atoms with Crippen LogP contribution < -0.4 is 5.32 Å². The Bertz CT molecular complexity index is 381. The van der Waals surface area contributed by atoms with Crippen LogP contribution in [0.2, 0.25) is 0 Å². The Balaban J connectivity index is 2.11. The minimum Gasteiger partial charge on any atom is -0.465 e. The van der Waals surface area contributed by atoms with Gasteiger partial charge < -0.3 is 4.74 Å². The molecule has 0 aromatic heterocycles. The monoisotopic (exact) mass is 308 g/mol. The van der Waals surface area contributed by atoms with Crippen molar-refractivity contribution in [2.45, 2.75) is 50.4 Å². The minimum absolute atomic E-state index is 0.0342. The highest BCUT2D eigenvalue weighted by Crippen LogP contribution is 2.43. The third-order valence-corrected chi connectivity index (χ3v) is 3.92. The lowest BCUT2D eigenvalue weighted by Crippen LogP contribution is -2.62. The van der Waals surface area contributed by atoms with E-state index in [4.69, 9.17) is 4.74 Å². The molecule has 1 unspecified atom stereocenters. The van der Waals surface area contributed by atoms with Crippen molar-refractivity contribution in [2.75, 3.05) is 26.7 Å². The number of likely N-dealkylation sites (N-methyl/N-ethyl adjacent to an activating group) is 1. The summed E-state index contributed by atoms with van der Waals surface area (Å²) in [6.45, 7) is 0.967. The number of carbonyl (C=O) groups is 1. The van der Waals surface area contributed by atoms with Gasteiger partial charge in [-0.1, -0.05) is 0 Å². The van der Waals surface area contributed by atoms with Gasteiger partial charge in [0.25, 0.3) is 0 Å². The van der Waals surface area contributed by atoms with Crippen LogP contribution >= 0.6 is 0 Å². The van der Waals surface area contributed by atoms with E-state index in [1.807, 2.05) is 0 Å². The Labute approximate surface area is 123 Å². The second-order valence-electron chi connectivity index (χ2n) is 6.17. The Morgan fingerprint density at radius 2 is 1.86 bits per heavy atom. The number of hydrogen-bond acceptors (Lipinski definition) is 4. The lowest BCUT2D eigenvalue weighted by molar-refractivity contribution is -0.160. The predicted octanol–water partition coefficient (Wildman–Crippen LogP) is 1.94. The van der Waals surface area contributed by atoms with Gasteiger partial charge in [-0.15, -0.1) is 0 Å². The van der Waals surface area contributed by atoms with E-state index in [2.05, 4.69) is 5.32 Å². The maximum atomic E-state index is 12.5. The van der Waals surface area contributed by atoms with Crippen molar-refractivity contribution >= 4 is 5.97 Å². The largest absolute Gasteiger partial charge is 0.465 e. The molecule has 4 nitrogen and oxygen atoms in total. The van der Waals surface area contributed by atoms with Crippen LogP contribution in [0.5, 0.6) is 0 Å². The van der Waals surface area contributed by atoms with Crippen molar-refractivity contribution in [3.8, 4) is 0 Å². The van der Waals surface area contributed by atoms with E-state index in [1.54, 1.807) is 6.92 Å². The normalized spacial score (nSPS) is 22.2. The number of esters is 1. The highest BCUT2D eigenvalue weighted by atomic mass is 19.4. The third kappa shape index (κ3) is 4.57. The Morgan fingerprint density at radius 1 is 1.24 bits per heavy atom. The fourth-order valence-corrected chi connectivity index (χ4v) is 2.80. The Morgan fingerprint density at radius 3 is 2.29 bits per heavy atom. The first kappa shape index (κ1) is 16.5. The number of rotatable bonds is 8. The first-order valence-corrected chi connectivity index (χ1v) is 7.47. The number of hydrogen-bond donors (Lipinski definition) is 1. The minimum atomic E-state index is -4.27. The molecule has 2 saturated carbocycles. The van der Waals surface area contributed by atoms with Crippen molar-refractivity contribution < 1.29 is 22.7 Å². The molecule has 0 heterocycles. The first-order valence-electron chi connectivity index (χ1n) is 7.47. The molecule has 21 heavy (non-hydrogen) atoms. The zero-order valence-electron chi connectivity index (χ0n) is 12.5. The third-order valence-electron chi connectivity index (χ3n) is 3.92. The fourth-order valence-electron chi connectivity index (χ4n) is 2.80. The average molecular weight is 308 g/mol. The summed E-state index contributed by atoms with van der Waals surface area (Å²) in [6.07, 6.45) is -0.608. The molecule has 2 rings (SSSR count). The summed E-state index contributed by atoms with van der Waals surface area (Å²) in [5, 5.41) is 3.28. The van der Waals surface area contributed by atoms with E-state index in [0.717, 1.165) is 25.7 Å². The van der Waals surface area contributed by atoms with Crippen LogP contribution in [-0.4, -0.2) is 55.4 Å². The lowest BCUT2D eigenvalue weighted by Gasteiger charge is -2.36. The van der Waals surface area contributed by atoms with Crippen molar-refractivity contribution in [3.05, 3.63) is 0 Å². The molecule has 2 fully saturated rings. The van der Waals surface area contributed by atoms with Crippen LogP contribution in [0.1, 0.15) is 32.6 Å². The molecular formula is C14H23F3N2O2. The Hall–Kier alpha value is -0.820. The molecule has 0 aliphatic heterocycles. The molecule has 1 atom stereocenters. The number of alkyl halides is 3. The highest BCUT2D eigenvalue weighted by Gasteiger charge is 2.54. The number of ether oxygens (including phenoxy) is 1. The van der Waals surface area contributed by atoms with Gasteiger partial charge in [0, 0.05) is 12.6 Å². The van der Waals surface area contributed by atoms with Crippen molar-refractivity contribution in [1.29, 1.82) is 0 Å². The molecule has 0 spiro atoms. The van der Waals surface area contributed by atoms with Crippen LogP contribution in [0.15, 0.2) is 0 Å². The zero-order chi connectivity index (χ0) is 15.7. The molecule has 2 aliphatic carbocycles. The molecule has 2 aliphatic rings. The van der Waals surface area contributed by atoms with Gasteiger partial charge in [0.1, 0.15) is 5.54 Å². The maximum Gasteiger partial charge on any atom is 0.401 e. The Kier molecular flexibility index (Phi) is 4.82. The molecule has 1 N–H and O–H groups in total. The molecule has 0 amide bonds. The molecule has 122 valence electrons. The van der Waals surface area contributed by atoms with Crippen LogP contribution in [-0.2, 0) is 9.53 Å². The SMILES string of the molecule is CCOC(=O)C(CN(C)CC(F)(F)F)(NC1CC1)C1CC1. The smallest absolute Gasteiger partial charge is 0.401 e. The molecule has 0 aromatic rings. The summed E-state index contributed by atoms with van der Waals surface area (Å²) < 4.78 is 42.8. The van der Waals surface area contributed by atoms with Crippen molar-refractivity contribution in [1.82, 2.24) is 10.2 Å². The van der Waals surface area contributed by atoms with Crippen molar-refractivity contribution in [2.24, 2.45) is 5.92 Å². The molecule has 7 heteroatoms. The van der Waals surface area contributed by atoms with Gasteiger partial charge >= 0.3 is 12.1 Å². The van der Waals surface area contributed by atoms with E-state index in [1.165, 1.54) is 11.9 Å². The summed E-state index contributed by atoms with van der Waals surface area (Å²) in [5.74, 6) is -0.332. The van der Waals surface area contributed by atoms with Crippen LogP contribution in [0, 0.1) is 5.92 Å². The van der Waals surface area contributed by atoms with Gasteiger partial charge in [-0.25, -0.2) is 4.79 Å². The first-order chi connectivity index (χ1) is 9.77. The molecule has 0 aromatic carbocycles. The standard InChI is InChI=1S/C14H23F3N2O2/c1-3-21-12(20)13(10-4-5-10,18-11-6-7-11)8-19(2)9-14(15,16)17/h10-11,18H,3-9H2,1-2H3. The topological polar surface area (TPSA) is 41.6 Å². The van der Waals surface area contributed by atoms with E-state index < -0.39 is 24.2 Å². The van der Waals surface area contributed by atoms with E-state index >= 15 is 0 Å². The van der Waals surface area contributed by atoms with Gasteiger partial charge in [-0.3, -0.25) is 10.2 Å². The lowest BCUT2D eigenvalue weighted by atomic mass is 9.92. The van der Waals surface area contributed by atoms with E-state index in [0.29, 0.717) is 0 Å². The molecular weight excluding hydrogens is 285 g/mol. The van der Waals surface area contributed by atoms with Gasteiger partial charge in [-0.2, -0.15) is 13.2 Å². The number of nitrogens with zero attached hydrogens (tertiary/aromatic N) is 1. The van der Waals surface area contributed by atoms with Crippen molar-refractivity contribution in [3.63, 3.8) is 0 Å². The quantitative estimate of drug-likeness (QED) is 0.696. The summed E-state index contributed by atoms with van der Waals surface area (Å²) in [5.41, 5.74) is -0.989. The molecule has 0 bridgehead atoms. The summed E-state index contributed by atoms with van der Waals surface area (Å²) in [6, 6.07) is 0.231. The zero-order valence-corrected chi connectivity index (χ0v) is 12.5. The van der Waals surface area contributed by atoms with Crippen LogP contribution in [0.25, 0.3) is 0 Å². The van der Waals surface area contributed by atoms with Gasteiger partial charge in [0.2, 0.25) is 0 Å². The highest BCUT2D eigenvalue weighted by molar-refractivity contribution is 5.82. The second kappa shape index (κ2) is 6.12. The van der Waals surface area contributed by atoms with Crippen LogP contribution in [0.4, 0.5) is 13.2 Å². The number of nitrogens with one attached hydrogen (secondary N) is 1. The predicted molar refractivity (Wildman–Crippen MR) is 71.8 cm³/mol. The summed E-state index contributed by atoms with van der Waals surface area (Å²) in [7, 11) is 1.40. The van der Waals surface area contributed by atoms with Gasteiger partial charge in [0.05, 0.1) is 13.2 Å². The van der Waals surface area contributed by atoms with Crippen LogP contribution in [0.3, 0.4) is 0 Å².